The zero-order valence-electron chi connectivity index (χ0n) is 16.6. The van der Waals surface area contributed by atoms with E-state index in [1.54, 1.807) is 4.90 Å². The van der Waals surface area contributed by atoms with E-state index in [1.807, 2.05) is 0 Å². The molecule has 0 radical (unpaired) electrons. The van der Waals surface area contributed by atoms with E-state index in [9.17, 15) is 18.0 Å². The summed E-state index contributed by atoms with van der Waals surface area (Å²) >= 11 is 6.06. The van der Waals surface area contributed by atoms with Gasteiger partial charge < -0.3 is 19.1 Å². The van der Waals surface area contributed by atoms with Crippen LogP contribution in [-0.4, -0.2) is 76.9 Å². The summed E-state index contributed by atoms with van der Waals surface area (Å²) in [6, 6.07) is 3.82. The van der Waals surface area contributed by atoms with Gasteiger partial charge in [0.1, 0.15) is 4.90 Å². The highest BCUT2D eigenvalue weighted by Gasteiger charge is 2.27. The van der Waals surface area contributed by atoms with Crippen molar-refractivity contribution in [2.75, 3.05) is 39.5 Å². The van der Waals surface area contributed by atoms with Gasteiger partial charge in [-0.1, -0.05) is 11.6 Å². The minimum Gasteiger partial charge on any atom is -0.449 e. The number of rotatable bonds is 7. The van der Waals surface area contributed by atoms with E-state index in [0.717, 1.165) is 18.9 Å². The topological polar surface area (TPSA) is 111 Å². The maximum Gasteiger partial charge on any atom is 0.338 e. The predicted molar refractivity (Wildman–Crippen MR) is 108 cm³/mol. The highest BCUT2D eigenvalue weighted by molar-refractivity contribution is 7.89. The van der Waals surface area contributed by atoms with Crippen LogP contribution in [0.1, 0.15) is 30.1 Å². The molecular weight excluding hydrogens is 436 g/mol. The first kappa shape index (κ1) is 23.0. The molecule has 1 aromatic rings. The van der Waals surface area contributed by atoms with Crippen molar-refractivity contribution >= 4 is 33.5 Å². The summed E-state index contributed by atoms with van der Waals surface area (Å²) in [5, 5.41) is -0.0242. The lowest BCUT2D eigenvalue weighted by Gasteiger charge is -2.29. The van der Waals surface area contributed by atoms with Crippen molar-refractivity contribution in [2.24, 2.45) is 0 Å². The molecule has 2 heterocycles. The second kappa shape index (κ2) is 10.1. The van der Waals surface area contributed by atoms with Crippen LogP contribution in [-0.2, 0) is 29.0 Å². The summed E-state index contributed by atoms with van der Waals surface area (Å²) in [5.41, 5.74) is -0.0153. The van der Waals surface area contributed by atoms with Crippen molar-refractivity contribution in [1.82, 2.24) is 9.62 Å². The van der Waals surface area contributed by atoms with Crippen LogP contribution in [0.4, 0.5) is 0 Å². The molecule has 166 valence electrons. The summed E-state index contributed by atoms with van der Waals surface area (Å²) in [4.78, 5) is 26.2. The summed E-state index contributed by atoms with van der Waals surface area (Å²) in [6.45, 7) is 3.94. The summed E-state index contributed by atoms with van der Waals surface area (Å²) in [6.07, 6.45) is 0.468. The molecule has 3 rings (SSSR count). The number of hydrogen-bond donors (Lipinski definition) is 1. The standard InChI is InChI=1S/C19H25ClN2O7S/c1-13(18(23)22-6-9-27-10-7-22)29-19(24)14-4-5-16(20)17(11-14)30(25,26)21-12-15-3-2-8-28-15/h4-5,11,13,15,21H,2-3,6-10,12H2,1H3. The van der Waals surface area contributed by atoms with Gasteiger partial charge in [-0.05, 0) is 38.0 Å². The maximum absolute atomic E-state index is 12.6. The van der Waals surface area contributed by atoms with Crippen LogP contribution in [0.25, 0.3) is 0 Å². The molecule has 30 heavy (non-hydrogen) atoms. The number of benzene rings is 1. The van der Waals surface area contributed by atoms with Gasteiger partial charge in [-0.15, -0.1) is 0 Å². The van der Waals surface area contributed by atoms with Gasteiger partial charge in [-0.25, -0.2) is 17.9 Å². The third kappa shape index (κ3) is 5.70. The minimum absolute atomic E-state index is 0.0153. The SMILES string of the molecule is CC(OC(=O)c1ccc(Cl)c(S(=O)(=O)NCC2CCCO2)c1)C(=O)N1CCOCC1. The molecule has 2 saturated heterocycles. The fraction of sp³-hybridized carbons (Fsp3) is 0.579. The molecule has 2 atom stereocenters. The second-order valence-electron chi connectivity index (χ2n) is 7.12. The van der Waals surface area contributed by atoms with Crippen molar-refractivity contribution in [3.63, 3.8) is 0 Å². The first-order chi connectivity index (χ1) is 14.3. The zero-order chi connectivity index (χ0) is 21.7. The number of ether oxygens (including phenoxy) is 3. The zero-order valence-corrected chi connectivity index (χ0v) is 18.2. The lowest BCUT2D eigenvalue weighted by Crippen LogP contribution is -2.46. The maximum atomic E-state index is 12.6. The average Bonchev–Trinajstić information content (AvgIpc) is 3.26. The fourth-order valence-electron chi connectivity index (χ4n) is 3.24. The Labute approximate surface area is 180 Å². The van der Waals surface area contributed by atoms with Crippen molar-refractivity contribution < 1.29 is 32.2 Å². The molecule has 2 unspecified atom stereocenters. The third-order valence-corrected chi connectivity index (χ3v) is 6.84. The van der Waals surface area contributed by atoms with E-state index in [1.165, 1.54) is 19.1 Å². The average molecular weight is 461 g/mol. The van der Waals surface area contributed by atoms with Crippen LogP contribution in [0.2, 0.25) is 5.02 Å². The van der Waals surface area contributed by atoms with E-state index in [2.05, 4.69) is 4.72 Å². The number of esters is 1. The number of carbonyl (C=O) groups is 2. The summed E-state index contributed by atoms with van der Waals surface area (Å²) in [7, 11) is -3.96. The Balaban J connectivity index is 1.67. The van der Waals surface area contributed by atoms with Gasteiger partial charge >= 0.3 is 5.97 Å². The highest BCUT2D eigenvalue weighted by atomic mass is 35.5. The number of hydrogen-bond acceptors (Lipinski definition) is 7. The Morgan fingerprint density at radius 1 is 1.30 bits per heavy atom. The van der Waals surface area contributed by atoms with Gasteiger partial charge in [0.05, 0.1) is 29.9 Å². The number of amides is 1. The normalized spacial score (nSPS) is 20.7. The molecular formula is C19H25ClN2O7S. The molecule has 0 spiro atoms. The van der Waals surface area contributed by atoms with Gasteiger partial charge in [-0.3, -0.25) is 4.79 Å². The van der Waals surface area contributed by atoms with Crippen molar-refractivity contribution in [1.29, 1.82) is 0 Å². The molecule has 1 amide bonds. The molecule has 2 aliphatic rings. The molecule has 11 heteroatoms. The lowest BCUT2D eigenvalue weighted by molar-refractivity contribution is -0.143. The number of nitrogens with one attached hydrogen (secondary N) is 1. The van der Waals surface area contributed by atoms with Crippen LogP contribution in [0.5, 0.6) is 0 Å². The van der Waals surface area contributed by atoms with Gasteiger partial charge in [-0.2, -0.15) is 0 Å². The first-order valence-corrected chi connectivity index (χ1v) is 11.6. The van der Waals surface area contributed by atoms with Crippen LogP contribution in [0.15, 0.2) is 23.1 Å². The molecule has 0 aliphatic carbocycles. The Morgan fingerprint density at radius 2 is 2.03 bits per heavy atom. The van der Waals surface area contributed by atoms with Crippen LogP contribution >= 0.6 is 11.6 Å². The quantitative estimate of drug-likeness (QED) is 0.608. The van der Waals surface area contributed by atoms with Gasteiger partial charge in [0.2, 0.25) is 10.0 Å². The van der Waals surface area contributed by atoms with E-state index in [0.29, 0.717) is 32.9 Å². The van der Waals surface area contributed by atoms with E-state index in [-0.39, 0.29) is 34.0 Å². The van der Waals surface area contributed by atoms with Crippen molar-refractivity contribution in [3.05, 3.63) is 28.8 Å². The number of nitrogens with zero attached hydrogens (tertiary/aromatic N) is 1. The molecule has 0 saturated carbocycles. The van der Waals surface area contributed by atoms with Crippen molar-refractivity contribution in [2.45, 2.75) is 36.9 Å². The number of halogens is 1. The van der Waals surface area contributed by atoms with Crippen molar-refractivity contribution in [3.8, 4) is 0 Å². The summed E-state index contributed by atoms with van der Waals surface area (Å²) < 4.78 is 43.6. The highest BCUT2D eigenvalue weighted by Crippen LogP contribution is 2.24. The minimum atomic E-state index is -3.96. The summed E-state index contributed by atoms with van der Waals surface area (Å²) in [5.74, 6) is -1.14. The number of carbonyl (C=O) groups excluding carboxylic acids is 2. The molecule has 2 aliphatic heterocycles. The van der Waals surface area contributed by atoms with E-state index in [4.69, 9.17) is 25.8 Å². The largest absolute Gasteiger partial charge is 0.449 e. The fourth-order valence-corrected chi connectivity index (χ4v) is 4.83. The van der Waals surface area contributed by atoms with Gasteiger partial charge in [0, 0.05) is 26.2 Å². The smallest absolute Gasteiger partial charge is 0.338 e. The Morgan fingerprint density at radius 3 is 2.70 bits per heavy atom. The Hall–Kier alpha value is -1.72. The molecule has 1 aromatic carbocycles. The third-order valence-electron chi connectivity index (χ3n) is 4.94. The number of sulfonamides is 1. The molecule has 0 aromatic heterocycles. The van der Waals surface area contributed by atoms with Gasteiger partial charge in [0.25, 0.3) is 5.91 Å². The second-order valence-corrected chi connectivity index (χ2v) is 9.26. The van der Waals surface area contributed by atoms with E-state index >= 15 is 0 Å². The molecule has 9 nitrogen and oxygen atoms in total. The molecule has 1 N–H and O–H groups in total. The van der Waals surface area contributed by atoms with Gasteiger partial charge in [0.15, 0.2) is 6.10 Å². The lowest BCUT2D eigenvalue weighted by atomic mass is 10.2. The van der Waals surface area contributed by atoms with Crippen LogP contribution in [0.3, 0.4) is 0 Å². The molecule has 0 bridgehead atoms. The van der Waals surface area contributed by atoms with Crippen LogP contribution < -0.4 is 4.72 Å². The molecule has 2 fully saturated rings. The predicted octanol–water partition coefficient (Wildman–Crippen LogP) is 1.20. The first-order valence-electron chi connectivity index (χ1n) is 9.76. The number of morpholine rings is 1. The van der Waals surface area contributed by atoms with Crippen LogP contribution in [0, 0.1) is 0 Å². The van der Waals surface area contributed by atoms with E-state index < -0.39 is 22.1 Å². The monoisotopic (exact) mass is 460 g/mol. The Kier molecular flexibility index (Phi) is 7.70. The Bertz CT molecular complexity index is 881.